The Hall–Kier alpha value is -1.81. The van der Waals surface area contributed by atoms with Crippen LogP contribution in [0, 0.1) is 0 Å². The summed E-state index contributed by atoms with van der Waals surface area (Å²) in [4.78, 5) is 12.4. The van der Waals surface area contributed by atoms with Crippen LogP contribution in [0.1, 0.15) is 5.69 Å². The summed E-state index contributed by atoms with van der Waals surface area (Å²) in [5, 5.41) is 3.06. The molecule has 0 saturated heterocycles. The van der Waals surface area contributed by atoms with Gasteiger partial charge in [0.25, 0.3) is 0 Å². The van der Waals surface area contributed by atoms with Gasteiger partial charge < -0.3 is 5.32 Å². The minimum Gasteiger partial charge on any atom is -0.314 e. The van der Waals surface area contributed by atoms with Gasteiger partial charge in [-0.05, 0) is 25.2 Å². The van der Waals surface area contributed by atoms with Crippen molar-refractivity contribution in [2.75, 3.05) is 7.05 Å². The fourth-order valence-electron chi connectivity index (χ4n) is 1.35. The topological polar surface area (TPSA) is 50.7 Å². The zero-order chi connectivity index (χ0) is 10.5. The van der Waals surface area contributed by atoms with Crippen molar-refractivity contribution in [3.63, 3.8) is 0 Å². The molecule has 15 heavy (non-hydrogen) atoms. The SMILES string of the molecule is CNCc1cc(-c2cccnc2)ncn1. The molecule has 0 radical (unpaired) electrons. The van der Waals surface area contributed by atoms with E-state index >= 15 is 0 Å². The molecule has 0 amide bonds. The van der Waals surface area contributed by atoms with Gasteiger partial charge in [-0.25, -0.2) is 9.97 Å². The van der Waals surface area contributed by atoms with E-state index in [0.717, 1.165) is 23.5 Å². The van der Waals surface area contributed by atoms with Gasteiger partial charge in [0.2, 0.25) is 0 Å². The summed E-state index contributed by atoms with van der Waals surface area (Å²) in [6, 6.07) is 5.85. The lowest BCUT2D eigenvalue weighted by Crippen LogP contribution is -2.07. The molecule has 0 aliphatic carbocycles. The van der Waals surface area contributed by atoms with Gasteiger partial charge in [-0.15, -0.1) is 0 Å². The standard InChI is InChI=1S/C11H12N4/c1-12-7-10-5-11(15-8-14-10)9-3-2-4-13-6-9/h2-6,8,12H,7H2,1H3. The van der Waals surface area contributed by atoms with Crippen LogP contribution in [-0.4, -0.2) is 22.0 Å². The lowest BCUT2D eigenvalue weighted by atomic mass is 10.2. The molecule has 2 rings (SSSR count). The molecule has 2 heterocycles. The molecule has 76 valence electrons. The van der Waals surface area contributed by atoms with Crippen molar-refractivity contribution in [2.45, 2.75) is 6.54 Å². The highest BCUT2D eigenvalue weighted by molar-refractivity contribution is 5.57. The van der Waals surface area contributed by atoms with E-state index in [-0.39, 0.29) is 0 Å². The fourth-order valence-corrected chi connectivity index (χ4v) is 1.35. The van der Waals surface area contributed by atoms with E-state index in [4.69, 9.17) is 0 Å². The van der Waals surface area contributed by atoms with E-state index in [9.17, 15) is 0 Å². The Bertz CT molecular complexity index is 428. The summed E-state index contributed by atoms with van der Waals surface area (Å²) in [6.45, 7) is 0.746. The summed E-state index contributed by atoms with van der Waals surface area (Å²) in [6.07, 6.45) is 5.12. The van der Waals surface area contributed by atoms with Gasteiger partial charge >= 0.3 is 0 Å². The van der Waals surface area contributed by atoms with Crippen LogP contribution in [0.25, 0.3) is 11.3 Å². The molecule has 4 nitrogen and oxygen atoms in total. The van der Waals surface area contributed by atoms with Crippen LogP contribution in [0.15, 0.2) is 36.9 Å². The lowest BCUT2D eigenvalue weighted by Gasteiger charge is -2.02. The molecular formula is C11H12N4. The highest BCUT2D eigenvalue weighted by Crippen LogP contribution is 2.14. The molecule has 0 saturated carbocycles. The normalized spacial score (nSPS) is 10.2. The van der Waals surface area contributed by atoms with Gasteiger partial charge in [0.15, 0.2) is 0 Å². The monoisotopic (exact) mass is 200 g/mol. The first-order valence-electron chi connectivity index (χ1n) is 4.76. The third-order valence-corrected chi connectivity index (χ3v) is 2.04. The molecule has 0 spiro atoms. The molecule has 0 bridgehead atoms. The second-order valence-corrected chi connectivity index (χ2v) is 3.17. The Morgan fingerprint density at radius 3 is 3.00 bits per heavy atom. The number of hydrogen-bond acceptors (Lipinski definition) is 4. The highest BCUT2D eigenvalue weighted by Gasteiger charge is 2.00. The quantitative estimate of drug-likeness (QED) is 0.810. The van der Waals surface area contributed by atoms with E-state index < -0.39 is 0 Å². The molecule has 0 atom stereocenters. The largest absolute Gasteiger partial charge is 0.314 e. The van der Waals surface area contributed by atoms with Gasteiger partial charge in [-0.3, -0.25) is 4.98 Å². The van der Waals surface area contributed by atoms with Gasteiger partial charge in [-0.1, -0.05) is 0 Å². The Labute approximate surface area is 88.4 Å². The number of aromatic nitrogens is 3. The summed E-state index contributed by atoms with van der Waals surface area (Å²) in [5.74, 6) is 0. The summed E-state index contributed by atoms with van der Waals surface area (Å²) < 4.78 is 0. The first kappa shape index (κ1) is 9.73. The van der Waals surface area contributed by atoms with Crippen LogP contribution in [-0.2, 0) is 6.54 Å². The second-order valence-electron chi connectivity index (χ2n) is 3.17. The molecule has 0 aromatic carbocycles. The van der Waals surface area contributed by atoms with Crippen molar-refractivity contribution < 1.29 is 0 Å². The van der Waals surface area contributed by atoms with E-state index in [1.54, 1.807) is 18.7 Å². The summed E-state index contributed by atoms with van der Waals surface area (Å²) in [7, 11) is 1.89. The average molecular weight is 200 g/mol. The molecule has 0 unspecified atom stereocenters. The Morgan fingerprint density at radius 1 is 1.33 bits per heavy atom. The fraction of sp³-hybridized carbons (Fsp3) is 0.182. The first-order valence-corrected chi connectivity index (χ1v) is 4.76. The zero-order valence-corrected chi connectivity index (χ0v) is 8.51. The number of hydrogen-bond donors (Lipinski definition) is 1. The van der Waals surface area contributed by atoms with Crippen molar-refractivity contribution in [1.82, 2.24) is 20.3 Å². The molecule has 0 fully saturated rings. The summed E-state index contributed by atoms with van der Waals surface area (Å²) >= 11 is 0. The molecule has 2 aromatic rings. The van der Waals surface area contributed by atoms with Crippen molar-refractivity contribution >= 4 is 0 Å². The number of rotatable bonds is 3. The number of nitrogens with one attached hydrogen (secondary N) is 1. The van der Waals surface area contributed by atoms with E-state index in [1.807, 2.05) is 25.2 Å². The van der Waals surface area contributed by atoms with Gasteiger partial charge in [0.1, 0.15) is 6.33 Å². The minimum absolute atomic E-state index is 0.746. The van der Waals surface area contributed by atoms with E-state index in [1.165, 1.54) is 0 Å². The first-order chi connectivity index (χ1) is 7.40. The number of nitrogens with zero attached hydrogens (tertiary/aromatic N) is 3. The molecular weight excluding hydrogens is 188 g/mol. The van der Waals surface area contributed by atoms with Crippen molar-refractivity contribution in [3.8, 4) is 11.3 Å². The Morgan fingerprint density at radius 2 is 2.27 bits per heavy atom. The maximum absolute atomic E-state index is 4.21. The van der Waals surface area contributed by atoms with Crippen LogP contribution in [0.5, 0.6) is 0 Å². The molecule has 0 aliphatic heterocycles. The Kier molecular flexibility index (Phi) is 2.99. The highest BCUT2D eigenvalue weighted by atomic mass is 14.9. The smallest absolute Gasteiger partial charge is 0.116 e. The van der Waals surface area contributed by atoms with Crippen molar-refractivity contribution in [2.24, 2.45) is 0 Å². The van der Waals surface area contributed by atoms with Crippen LogP contribution in [0.3, 0.4) is 0 Å². The summed E-state index contributed by atoms with van der Waals surface area (Å²) in [5.41, 5.74) is 2.90. The van der Waals surface area contributed by atoms with Crippen molar-refractivity contribution in [3.05, 3.63) is 42.6 Å². The van der Waals surface area contributed by atoms with E-state index in [0.29, 0.717) is 0 Å². The predicted molar refractivity (Wildman–Crippen MR) is 58.0 cm³/mol. The second kappa shape index (κ2) is 4.61. The molecule has 4 heteroatoms. The lowest BCUT2D eigenvalue weighted by molar-refractivity contribution is 0.787. The average Bonchev–Trinajstić information content (AvgIpc) is 2.31. The third-order valence-electron chi connectivity index (χ3n) is 2.04. The molecule has 1 N–H and O–H groups in total. The molecule has 2 aromatic heterocycles. The van der Waals surface area contributed by atoms with E-state index in [2.05, 4.69) is 20.3 Å². The number of pyridine rings is 1. The van der Waals surface area contributed by atoms with Gasteiger partial charge in [0.05, 0.1) is 11.4 Å². The molecule has 0 aliphatic rings. The predicted octanol–water partition coefficient (Wildman–Crippen LogP) is 1.26. The maximum Gasteiger partial charge on any atom is 0.116 e. The van der Waals surface area contributed by atoms with Crippen LogP contribution in [0.2, 0.25) is 0 Å². The van der Waals surface area contributed by atoms with Crippen LogP contribution in [0.4, 0.5) is 0 Å². The van der Waals surface area contributed by atoms with Gasteiger partial charge in [-0.2, -0.15) is 0 Å². The maximum atomic E-state index is 4.21. The third kappa shape index (κ3) is 2.35. The minimum atomic E-state index is 0.746. The van der Waals surface area contributed by atoms with Crippen molar-refractivity contribution in [1.29, 1.82) is 0 Å². The van der Waals surface area contributed by atoms with Crippen LogP contribution >= 0.6 is 0 Å². The van der Waals surface area contributed by atoms with Crippen LogP contribution < -0.4 is 5.32 Å². The van der Waals surface area contributed by atoms with Gasteiger partial charge in [0, 0.05) is 24.5 Å². The Balaban J connectivity index is 2.33. The zero-order valence-electron chi connectivity index (χ0n) is 8.51.